The van der Waals surface area contributed by atoms with Crippen LogP contribution in [-0.4, -0.2) is 27.1 Å². The number of H-pyrrole nitrogens is 1. The first-order valence-corrected chi connectivity index (χ1v) is 7.90. The topological polar surface area (TPSA) is 70.7 Å². The van der Waals surface area contributed by atoms with Gasteiger partial charge in [0.2, 0.25) is 0 Å². The lowest BCUT2D eigenvalue weighted by Gasteiger charge is -2.11. The van der Waals surface area contributed by atoms with Crippen LogP contribution in [0.5, 0.6) is 0 Å². The quantitative estimate of drug-likeness (QED) is 0.761. The van der Waals surface area contributed by atoms with Gasteiger partial charge in [0, 0.05) is 23.5 Å². The maximum absolute atomic E-state index is 12.2. The smallest absolute Gasteiger partial charge is 0.269 e. The molecular weight excluding hydrogens is 296 g/mol. The zero-order valence-electron chi connectivity index (χ0n) is 12.1. The zero-order valence-corrected chi connectivity index (χ0v) is 12.9. The first kappa shape index (κ1) is 14.5. The van der Waals surface area contributed by atoms with Crippen molar-refractivity contribution in [2.75, 3.05) is 0 Å². The molecule has 22 heavy (non-hydrogen) atoms. The molecule has 0 aliphatic carbocycles. The molecule has 5 nitrogen and oxygen atoms in total. The van der Waals surface area contributed by atoms with Gasteiger partial charge < -0.3 is 5.32 Å². The summed E-state index contributed by atoms with van der Waals surface area (Å²) in [4.78, 5) is 17.7. The second-order valence-corrected chi connectivity index (χ2v) is 6.07. The van der Waals surface area contributed by atoms with Crippen molar-refractivity contribution in [3.8, 4) is 11.4 Å². The van der Waals surface area contributed by atoms with E-state index in [0.717, 1.165) is 12.1 Å². The molecule has 3 aromatic rings. The monoisotopic (exact) mass is 312 g/mol. The Hall–Kier alpha value is -2.47. The van der Waals surface area contributed by atoms with Crippen LogP contribution < -0.4 is 5.32 Å². The molecule has 0 aliphatic heterocycles. The second kappa shape index (κ2) is 6.53. The average Bonchev–Trinajstić information content (AvgIpc) is 3.19. The van der Waals surface area contributed by atoms with E-state index in [1.165, 1.54) is 4.88 Å². The molecule has 3 aromatic heterocycles. The summed E-state index contributed by atoms with van der Waals surface area (Å²) in [6, 6.07) is 11.5. The van der Waals surface area contributed by atoms with Crippen molar-refractivity contribution in [3.63, 3.8) is 0 Å². The molecule has 0 saturated heterocycles. The summed E-state index contributed by atoms with van der Waals surface area (Å²) in [5, 5.41) is 11.9. The van der Waals surface area contributed by atoms with Crippen LogP contribution in [0.4, 0.5) is 0 Å². The van der Waals surface area contributed by atoms with Gasteiger partial charge in [0.05, 0.1) is 5.69 Å². The molecule has 0 radical (unpaired) electrons. The van der Waals surface area contributed by atoms with Crippen LogP contribution in [0.3, 0.4) is 0 Å². The molecule has 0 aliphatic rings. The highest BCUT2D eigenvalue weighted by atomic mass is 32.1. The number of carbonyl (C=O) groups excluding carboxylic acids is 1. The molecule has 6 heteroatoms. The molecule has 0 fully saturated rings. The number of rotatable bonds is 5. The number of thiophene rings is 1. The minimum absolute atomic E-state index is 0.0627. The summed E-state index contributed by atoms with van der Waals surface area (Å²) in [5.74, 6) is -0.154. The number of nitrogens with zero attached hydrogens (tertiary/aromatic N) is 2. The van der Waals surface area contributed by atoms with Crippen LogP contribution in [0.2, 0.25) is 0 Å². The van der Waals surface area contributed by atoms with E-state index >= 15 is 0 Å². The third-order valence-corrected chi connectivity index (χ3v) is 4.11. The molecule has 1 atom stereocenters. The lowest BCUT2D eigenvalue weighted by atomic mass is 10.2. The minimum atomic E-state index is -0.154. The fourth-order valence-electron chi connectivity index (χ4n) is 2.17. The van der Waals surface area contributed by atoms with E-state index in [0.29, 0.717) is 11.4 Å². The number of aromatic amines is 1. The first-order valence-electron chi connectivity index (χ1n) is 7.02. The number of carbonyl (C=O) groups is 1. The zero-order chi connectivity index (χ0) is 15.4. The molecular formula is C16H16N4OS. The third-order valence-electron chi connectivity index (χ3n) is 3.21. The number of amides is 1. The lowest BCUT2D eigenvalue weighted by Crippen LogP contribution is -2.34. The number of hydrogen-bond donors (Lipinski definition) is 2. The summed E-state index contributed by atoms with van der Waals surface area (Å²) >= 11 is 1.70. The van der Waals surface area contributed by atoms with Crippen LogP contribution in [0.15, 0.2) is 48.0 Å². The molecule has 0 aromatic carbocycles. The van der Waals surface area contributed by atoms with Gasteiger partial charge in [0.15, 0.2) is 0 Å². The first-order chi connectivity index (χ1) is 10.7. The van der Waals surface area contributed by atoms with Gasteiger partial charge in [-0.2, -0.15) is 5.10 Å². The van der Waals surface area contributed by atoms with Crippen LogP contribution in [0.25, 0.3) is 11.4 Å². The van der Waals surface area contributed by atoms with Crippen molar-refractivity contribution in [1.82, 2.24) is 20.5 Å². The number of aromatic nitrogens is 3. The molecule has 112 valence electrons. The Kier molecular flexibility index (Phi) is 4.29. The van der Waals surface area contributed by atoms with E-state index in [-0.39, 0.29) is 11.9 Å². The van der Waals surface area contributed by atoms with E-state index in [1.54, 1.807) is 23.6 Å². The minimum Gasteiger partial charge on any atom is -0.348 e. The molecule has 0 spiro atoms. The summed E-state index contributed by atoms with van der Waals surface area (Å²) in [7, 11) is 0. The van der Waals surface area contributed by atoms with E-state index in [2.05, 4.69) is 26.6 Å². The normalized spacial score (nSPS) is 12.0. The lowest BCUT2D eigenvalue weighted by molar-refractivity contribution is 0.0935. The van der Waals surface area contributed by atoms with Crippen LogP contribution in [0, 0.1) is 0 Å². The fourth-order valence-corrected chi connectivity index (χ4v) is 3.00. The summed E-state index contributed by atoms with van der Waals surface area (Å²) < 4.78 is 0. The molecule has 1 amide bonds. The van der Waals surface area contributed by atoms with Gasteiger partial charge in [-0.05, 0) is 36.6 Å². The molecule has 0 saturated carbocycles. The molecule has 3 heterocycles. The van der Waals surface area contributed by atoms with Crippen molar-refractivity contribution in [1.29, 1.82) is 0 Å². The summed E-state index contributed by atoms with van der Waals surface area (Å²) in [6.07, 6.45) is 2.53. The number of pyridine rings is 1. The summed E-state index contributed by atoms with van der Waals surface area (Å²) in [6.45, 7) is 1.99. The van der Waals surface area contributed by atoms with Crippen molar-refractivity contribution in [2.24, 2.45) is 0 Å². The molecule has 0 unspecified atom stereocenters. The van der Waals surface area contributed by atoms with Gasteiger partial charge in [-0.1, -0.05) is 12.1 Å². The summed E-state index contributed by atoms with van der Waals surface area (Å²) in [5.41, 5.74) is 1.85. The van der Waals surface area contributed by atoms with Gasteiger partial charge in [0.1, 0.15) is 11.4 Å². The molecule has 0 bridgehead atoms. The highest BCUT2D eigenvalue weighted by Gasteiger charge is 2.14. The molecule has 3 rings (SSSR count). The standard InChI is InChI=1S/C16H16N4OS/c1-11(9-12-5-4-8-22-12)18-16(21)15-10-14(19-20-15)13-6-2-3-7-17-13/h2-8,10-11H,9H2,1H3,(H,18,21)(H,19,20)/t11-/m1/s1. The SMILES string of the molecule is C[C@H](Cc1cccs1)NC(=O)c1cc(-c2ccccn2)n[nH]1. The second-order valence-electron chi connectivity index (χ2n) is 5.04. The van der Waals surface area contributed by atoms with Crippen molar-refractivity contribution in [2.45, 2.75) is 19.4 Å². The van der Waals surface area contributed by atoms with Crippen molar-refractivity contribution < 1.29 is 4.79 Å². The van der Waals surface area contributed by atoms with Gasteiger partial charge >= 0.3 is 0 Å². The van der Waals surface area contributed by atoms with Crippen molar-refractivity contribution in [3.05, 3.63) is 58.5 Å². The van der Waals surface area contributed by atoms with E-state index < -0.39 is 0 Å². The fraction of sp³-hybridized carbons (Fsp3) is 0.188. The Labute approximate surface area is 132 Å². The third kappa shape index (κ3) is 3.40. The number of nitrogens with one attached hydrogen (secondary N) is 2. The average molecular weight is 312 g/mol. The highest BCUT2D eigenvalue weighted by molar-refractivity contribution is 7.09. The predicted molar refractivity (Wildman–Crippen MR) is 86.8 cm³/mol. The maximum Gasteiger partial charge on any atom is 0.269 e. The Morgan fingerprint density at radius 3 is 2.95 bits per heavy atom. The Morgan fingerprint density at radius 2 is 2.23 bits per heavy atom. The Morgan fingerprint density at radius 1 is 1.32 bits per heavy atom. The van der Waals surface area contributed by atoms with Gasteiger partial charge in [-0.25, -0.2) is 0 Å². The highest BCUT2D eigenvalue weighted by Crippen LogP contribution is 2.15. The number of hydrogen-bond acceptors (Lipinski definition) is 4. The van der Waals surface area contributed by atoms with Gasteiger partial charge in [-0.3, -0.25) is 14.9 Å². The molecule has 2 N–H and O–H groups in total. The van der Waals surface area contributed by atoms with Gasteiger partial charge in [-0.15, -0.1) is 11.3 Å². The van der Waals surface area contributed by atoms with Crippen molar-refractivity contribution >= 4 is 17.2 Å². The largest absolute Gasteiger partial charge is 0.348 e. The van der Waals surface area contributed by atoms with E-state index in [1.807, 2.05) is 36.6 Å². The van der Waals surface area contributed by atoms with E-state index in [4.69, 9.17) is 0 Å². The Balaban J connectivity index is 1.64. The van der Waals surface area contributed by atoms with Crippen LogP contribution in [0.1, 0.15) is 22.3 Å². The predicted octanol–water partition coefficient (Wildman–Crippen LogP) is 2.89. The van der Waals surface area contributed by atoms with E-state index in [9.17, 15) is 4.79 Å². The van der Waals surface area contributed by atoms with Crippen LogP contribution in [-0.2, 0) is 6.42 Å². The van der Waals surface area contributed by atoms with Crippen LogP contribution >= 0.6 is 11.3 Å². The maximum atomic E-state index is 12.2. The van der Waals surface area contributed by atoms with Gasteiger partial charge in [0.25, 0.3) is 5.91 Å². The Bertz CT molecular complexity index is 737.